The Morgan fingerprint density at radius 2 is 1.57 bits per heavy atom. The van der Waals surface area contributed by atoms with Crippen LogP contribution in [0.3, 0.4) is 0 Å². The molecule has 0 aliphatic carbocycles. The number of benzene rings is 3. The van der Waals surface area contributed by atoms with Crippen LogP contribution in [0.2, 0.25) is 39.3 Å². The Balaban J connectivity index is 0.000000214. The molecule has 0 amide bonds. The molecule has 51 heavy (non-hydrogen) atoms. The summed E-state index contributed by atoms with van der Waals surface area (Å²) >= 11 is 0. The van der Waals surface area contributed by atoms with Gasteiger partial charge in [0, 0.05) is 44.7 Å². The second-order valence-corrected chi connectivity index (χ2v) is 25.7. The van der Waals surface area contributed by atoms with Crippen molar-refractivity contribution in [1.29, 1.82) is 0 Å². The van der Waals surface area contributed by atoms with Crippen LogP contribution in [0.4, 0.5) is 0 Å². The predicted molar refractivity (Wildman–Crippen MR) is 214 cm³/mol. The zero-order chi connectivity index (χ0) is 40.1. The van der Waals surface area contributed by atoms with Gasteiger partial charge in [0.1, 0.15) is 19.9 Å². The molecule has 0 aliphatic rings. The second-order valence-electron chi connectivity index (χ2n) is 15.6. The van der Waals surface area contributed by atoms with Gasteiger partial charge in [0.15, 0.2) is 0 Å². The molecule has 0 spiro atoms. The Morgan fingerprint density at radius 3 is 2.24 bits per heavy atom. The molecular weight excluding hydrogens is 839 g/mol. The largest absolute Gasteiger partial charge is 0.501 e. The van der Waals surface area contributed by atoms with Gasteiger partial charge in [0.05, 0.1) is 19.0 Å². The molecule has 265 valence electrons. The van der Waals surface area contributed by atoms with E-state index in [1.807, 2.05) is 48.7 Å². The van der Waals surface area contributed by atoms with E-state index < -0.39 is 34.8 Å². The number of furan rings is 1. The van der Waals surface area contributed by atoms with E-state index in [-0.39, 0.29) is 31.2 Å². The Kier molecular flexibility index (Phi) is 9.32. The zero-order valence-electron chi connectivity index (χ0n) is 35.7. The molecule has 0 unspecified atom stereocenters. The van der Waals surface area contributed by atoms with Gasteiger partial charge in [-0.3, -0.25) is 0 Å². The average Bonchev–Trinajstić information content (AvgIpc) is 3.77. The molecule has 7 aromatic rings. The van der Waals surface area contributed by atoms with Crippen molar-refractivity contribution < 1.29 is 35.8 Å². The van der Waals surface area contributed by atoms with E-state index in [2.05, 4.69) is 79.6 Å². The van der Waals surface area contributed by atoms with Crippen LogP contribution in [-0.4, -0.2) is 31.1 Å². The smallest absolute Gasteiger partial charge is 0.207 e. The topological polar surface area (TPSA) is 65.0 Å². The first-order valence-electron chi connectivity index (χ1n) is 19.3. The van der Waals surface area contributed by atoms with Crippen molar-refractivity contribution >= 4 is 48.6 Å². The summed E-state index contributed by atoms with van der Waals surface area (Å²) in [4.78, 5) is 13.7. The normalized spacial score (nSPS) is 14.0. The molecule has 7 rings (SSSR count). The maximum Gasteiger partial charge on any atom is 0.207 e. The molecule has 3 aromatic carbocycles. The standard InChI is InChI=1S/C23H22NO.C20H25N2OSi2.Ir/c1-15-14-24-20(12-16(15)13-23(2,3)4)19-10-7-9-18-17-8-5-6-11-21(17)25-22(18)19;1-24(2,3)17-10-11-18(21-13-17)15-8-7-9-16(12-15)20-22-19(14-23-20)25(4,5)6;/h5-9,11-12,14H,13H2,1-4H3;7,9-14H,1-6H3;/q2*-1;/i1D3,13D2;;. The summed E-state index contributed by atoms with van der Waals surface area (Å²) < 4.78 is 52.8. The van der Waals surface area contributed by atoms with Gasteiger partial charge >= 0.3 is 0 Å². The first-order chi connectivity index (χ1) is 25.6. The van der Waals surface area contributed by atoms with Gasteiger partial charge in [-0.1, -0.05) is 113 Å². The van der Waals surface area contributed by atoms with Crippen LogP contribution in [0.5, 0.6) is 0 Å². The minimum Gasteiger partial charge on any atom is -0.501 e. The minimum absolute atomic E-state index is 0. The van der Waals surface area contributed by atoms with Gasteiger partial charge in [0.2, 0.25) is 5.89 Å². The quantitative estimate of drug-likeness (QED) is 0.123. The van der Waals surface area contributed by atoms with E-state index in [0.29, 0.717) is 22.7 Å². The third kappa shape index (κ3) is 8.93. The number of fused-ring (bicyclic) bond motifs is 3. The Hall–Kier alpha value is -3.95. The number of rotatable bonds is 6. The Morgan fingerprint density at radius 1 is 0.824 bits per heavy atom. The van der Waals surface area contributed by atoms with Crippen molar-refractivity contribution in [3.63, 3.8) is 0 Å². The fourth-order valence-corrected chi connectivity index (χ4v) is 7.36. The molecule has 0 saturated carbocycles. The molecule has 0 fully saturated rings. The number of nitrogens with zero attached hydrogens (tertiary/aromatic N) is 3. The van der Waals surface area contributed by atoms with Gasteiger partial charge in [-0.2, -0.15) is 0 Å². The van der Waals surface area contributed by atoms with Crippen LogP contribution in [0, 0.1) is 24.4 Å². The van der Waals surface area contributed by atoms with Crippen LogP contribution in [0.1, 0.15) is 38.8 Å². The van der Waals surface area contributed by atoms with Crippen molar-refractivity contribution in [1.82, 2.24) is 15.0 Å². The number of hydrogen-bond donors (Lipinski definition) is 0. The fraction of sp³-hybridized carbons (Fsp3) is 0.279. The molecule has 4 heterocycles. The molecule has 0 atom stereocenters. The third-order valence-electron chi connectivity index (χ3n) is 8.23. The van der Waals surface area contributed by atoms with E-state index in [1.54, 1.807) is 33.1 Å². The third-order valence-corrected chi connectivity index (χ3v) is 12.0. The summed E-state index contributed by atoms with van der Waals surface area (Å²) in [6.45, 7) is 16.6. The van der Waals surface area contributed by atoms with Crippen LogP contribution < -0.4 is 10.5 Å². The van der Waals surface area contributed by atoms with E-state index in [0.717, 1.165) is 38.5 Å². The van der Waals surface area contributed by atoms with Crippen LogP contribution in [0.15, 0.2) is 100 Å². The number of pyridine rings is 2. The van der Waals surface area contributed by atoms with Crippen molar-refractivity contribution in [3.8, 4) is 34.0 Å². The Bertz CT molecular complexity index is 2480. The van der Waals surface area contributed by atoms with E-state index >= 15 is 0 Å². The molecule has 0 saturated heterocycles. The maximum atomic E-state index is 8.70. The van der Waals surface area contributed by atoms with Crippen LogP contribution in [0.25, 0.3) is 55.9 Å². The van der Waals surface area contributed by atoms with Gasteiger partial charge in [0.25, 0.3) is 0 Å². The van der Waals surface area contributed by atoms with E-state index in [9.17, 15) is 0 Å². The minimum atomic E-state index is -2.48. The molecule has 0 bridgehead atoms. The van der Waals surface area contributed by atoms with Gasteiger partial charge in [-0.15, -0.1) is 48.0 Å². The fourth-order valence-electron chi connectivity index (χ4n) is 5.48. The van der Waals surface area contributed by atoms with Crippen molar-refractivity contribution in [2.75, 3.05) is 0 Å². The number of para-hydroxylation sites is 1. The molecule has 5 nitrogen and oxygen atoms in total. The second kappa shape index (κ2) is 15.0. The Labute approximate surface area is 325 Å². The maximum absolute atomic E-state index is 8.70. The van der Waals surface area contributed by atoms with Gasteiger partial charge in [-0.05, 0) is 52.4 Å². The first-order valence-corrected chi connectivity index (χ1v) is 23.8. The molecule has 4 aromatic heterocycles. The number of aryl methyl sites for hydroxylation is 1. The summed E-state index contributed by atoms with van der Waals surface area (Å²) in [6, 6.07) is 29.6. The van der Waals surface area contributed by atoms with Crippen molar-refractivity contribution in [2.45, 2.75) is 73.3 Å². The van der Waals surface area contributed by atoms with E-state index in [4.69, 9.17) is 20.7 Å². The van der Waals surface area contributed by atoms with Crippen LogP contribution >= 0.6 is 0 Å². The monoisotopic (exact) mass is 891 g/mol. The molecule has 1 radical (unpaired) electrons. The average molecular weight is 891 g/mol. The predicted octanol–water partition coefficient (Wildman–Crippen LogP) is 10.6. The molecular formula is C43H47IrN3O2Si2-2. The summed E-state index contributed by atoms with van der Waals surface area (Å²) in [5.41, 5.74) is 4.41. The first kappa shape index (κ1) is 31.8. The van der Waals surface area contributed by atoms with Gasteiger partial charge < -0.3 is 18.8 Å². The number of oxazole rings is 1. The molecule has 8 heteroatoms. The molecule has 0 N–H and O–H groups in total. The summed E-state index contributed by atoms with van der Waals surface area (Å²) in [5.74, 6) is 0.673. The number of aromatic nitrogens is 3. The van der Waals surface area contributed by atoms with E-state index in [1.165, 1.54) is 17.4 Å². The van der Waals surface area contributed by atoms with Gasteiger partial charge in [-0.25, -0.2) is 4.98 Å². The SMILES string of the molecule is C[Si](C)(C)c1ccc(-c2[c-]ccc(-c3nc([Si](C)(C)C)co3)c2)nc1.[2H]C([2H])([2H])c1cnc(-c2[c-]ccc3c2oc2ccccc23)cc1C([2H])([2H])C(C)(C)C.[Ir]. The summed E-state index contributed by atoms with van der Waals surface area (Å²) in [6.07, 6.45) is 3.18. The summed E-state index contributed by atoms with van der Waals surface area (Å²) in [7, 11) is -2.80. The number of hydrogen-bond acceptors (Lipinski definition) is 5. The molecule has 0 aliphatic heterocycles. The van der Waals surface area contributed by atoms with Crippen LogP contribution in [-0.2, 0) is 26.5 Å². The summed E-state index contributed by atoms with van der Waals surface area (Å²) in [5, 5.41) is 4.32. The zero-order valence-corrected chi connectivity index (χ0v) is 35.0. The van der Waals surface area contributed by atoms with Crippen molar-refractivity contribution in [3.05, 3.63) is 115 Å². The van der Waals surface area contributed by atoms with Crippen molar-refractivity contribution in [2.24, 2.45) is 5.41 Å².